The molecule has 0 bridgehead atoms. The van der Waals surface area contributed by atoms with E-state index in [0.29, 0.717) is 19.3 Å². The van der Waals surface area contributed by atoms with Crippen LogP contribution in [0.2, 0.25) is 0 Å². The van der Waals surface area contributed by atoms with Gasteiger partial charge in [0.15, 0.2) is 0 Å². The van der Waals surface area contributed by atoms with Gasteiger partial charge in [-0.3, -0.25) is 4.79 Å². The third-order valence-corrected chi connectivity index (χ3v) is 4.84. The van der Waals surface area contributed by atoms with Crippen LogP contribution in [-0.2, 0) is 16.0 Å². The van der Waals surface area contributed by atoms with Gasteiger partial charge >= 0.3 is 6.09 Å². The van der Waals surface area contributed by atoms with E-state index < -0.39 is 18.0 Å². The fourth-order valence-corrected chi connectivity index (χ4v) is 3.31. The first-order chi connectivity index (χ1) is 13.6. The molecular formula is C21H28N4O3. The van der Waals surface area contributed by atoms with Gasteiger partial charge in [-0.2, -0.15) is 0 Å². The van der Waals surface area contributed by atoms with Crippen molar-refractivity contribution in [3.8, 4) is 0 Å². The molecule has 1 saturated heterocycles. The van der Waals surface area contributed by atoms with E-state index in [-0.39, 0.29) is 12.3 Å². The predicted octanol–water partition coefficient (Wildman–Crippen LogP) is 5.52. The van der Waals surface area contributed by atoms with Crippen molar-refractivity contribution in [3.63, 3.8) is 0 Å². The van der Waals surface area contributed by atoms with Crippen LogP contribution < -0.4 is 0 Å². The molecule has 1 aromatic carbocycles. The Bertz CT molecular complexity index is 744. The number of rotatable bonds is 10. The van der Waals surface area contributed by atoms with Crippen LogP contribution >= 0.6 is 0 Å². The van der Waals surface area contributed by atoms with Crippen molar-refractivity contribution in [1.82, 2.24) is 4.90 Å². The van der Waals surface area contributed by atoms with E-state index >= 15 is 0 Å². The maximum absolute atomic E-state index is 13.2. The zero-order valence-electron chi connectivity index (χ0n) is 16.6. The van der Waals surface area contributed by atoms with Crippen LogP contribution in [0.3, 0.4) is 0 Å². The minimum absolute atomic E-state index is 0.0568. The number of benzene rings is 1. The molecule has 1 heterocycles. The van der Waals surface area contributed by atoms with Crippen molar-refractivity contribution in [2.45, 2.75) is 64.8 Å². The summed E-state index contributed by atoms with van der Waals surface area (Å²) in [5, 5.41) is 3.71. The molecule has 0 N–H and O–H groups in total. The van der Waals surface area contributed by atoms with Gasteiger partial charge in [0.25, 0.3) is 5.91 Å². The topological polar surface area (TPSA) is 95.4 Å². The highest BCUT2D eigenvalue weighted by Gasteiger charge is 2.39. The molecule has 1 atom stereocenters. The first-order valence-corrected chi connectivity index (χ1v) is 9.93. The third-order valence-electron chi connectivity index (χ3n) is 4.84. The highest BCUT2D eigenvalue weighted by Crippen LogP contribution is 2.26. The first kappa shape index (κ1) is 21.5. The smallest absolute Gasteiger partial charge is 0.417 e. The summed E-state index contributed by atoms with van der Waals surface area (Å²) in [6, 6.07) is 9.23. The monoisotopic (exact) mass is 384 g/mol. The summed E-state index contributed by atoms with van der Waals surface area (Å²) in [5.41, 5.74) is 10.9. The number of unbranched alkanes of at least 4 members (excludes halogenated alkanes) is 2. The number of imide groups is 1. The first-order valence-electron chi connectivity index (χ1n) is 9.93. The summed E-state index contributed by atoms with van der Waals surface area (Å²) in [6.45, 7) is 4.28. The Morgan fingerprint density at radius 2 is 1.86 bits per heavy atom. The molecule has 7 nitrogen and oxygen atoms in total. The Balaban J connectivity index is 2.32. The van der Waals surface area contributed by atoms with E-state index in [0.717, 1.165) is 41.7 Å². The maximum atomic E-state index is 13.2. The van der Waals surface area contributed by atoms with Crippen LogP contribution in [0, 0.1) is 0 Å². The highest BCUT2D eigenvalue weighted by molar-refractivity contribution is 6.03. The minimum Gasteiger partial charge on any atom is -0.447 e. The van der Waals surface area contributed by atoms with Gasteiger partial charge in [-0.15, -0.1) is 0 Å². The highest BCUT2D eigenvalue weighted by atomic mass is 16.6. The van der Waals surface area contributed by atoms with Crippen LogP contribution in [0.5, 0.6) is 0 Å². The number of carbonyl (C=O) groups excluding carboxylic acids is 2. The molecule has 150 valence electrons. The average molecular weight is 384 g/mol. The summed E-state index contributed by atoms with van der Waals surface area (Å²) in [6.07, 6.45) is 4.92. The summed E-state index contributed by atoms with van der Waals surface area (Å²) in [4.78, 5) is 29.5. The van der Waals surface area contributed by atoms with E-state index in [4.69, 9.17) is 10.3 Å². The minimum atomic E-state index is -0.679. The number of cyclic esters (lactones) is 1. The van der Waals surface area contributed by atoms with Gasteiger partial charge in [-0.25, -0.2) is 9.69 Å². The number of nitrogens with zero attached hydrogens (tertiary/aromatic N) is 4. The fraction of sp³-hybridized carbons (Fsp3) is 0.524. The Morgan fingerprint density at radius 3 is 2.43 bits per heavy atom. The van der Waals surface area contributed by atoms with E-state index in [1.54, 1.807) is 0 Å². The van der Waals surface area contributed by atoms with Gasteiger partial charge in [-0.05, 0) is 43.2 Å². The predicted molar refractivity (Wildman–Crippen MR) is 107 cm³/mol. The second-order valence-corrected chi connectivity index (χ2v) is 6.94. The number of hydrogen-bond acceptors (Lipinski definition) is 4. The number of hydrogen-bond donors (Lipinski definition) is 0. The summed E-state index contributed by atoms with van der Waals surface area (Å²) in [7, 11) is 0. The van der Waals surface area contributed by atoms with E-state index in [9.17, 15) is 9.59 Å². The van der Waals surface area contributed by atoms with Gasteiger partial charge in [0.2, 0.25) is 0 Å². The maximum Gasteiger partial charge on any atom is 0.417 e. The van der Waals surface area contributed by atoms with Crippen molar-refractivity contribution >= 4 is 12.0 Å². The summed E-state index contributed by atoms with van der Waals surface area (Å²) in [5.74, 6) is -0.552. The molecule has 0 radical (unpaired) electrons. The third kappa shape index (κ3) is 5.60. The molecule has 1 fully saturated rings. The van der Waals surface area contributed by atoms with Crippen molar-refractivity contribution in [2.24, 2.45) is 5.11 Å². The molecule has 28 heavy (non-hydrogen) atoms. The van der Waals surface area contributed by atoms with E-state index in [1.165, 1.54) is 0 Å². The Kier molecular flexibility index (Phi) is 8.56. The zero-order valence-corrected chi connectivity index (χ0v) is 16.6. The van der Waals surface area contributed by atoms with Crippen LogP contribution in [0.25, 0.3) is 10.4 Å². The van der Waals surface area contributed by atoms with E-state index in [2.05, 4.69) is 23.9 Å². The SMILES string of the molecule is CCCCC(CCCC)=C(N=[N+]=[N-])C(=O)N1C(=O)OC[C@H]1Cc1ccccc1. The Hall–Kier alpha value is -2.79. The van der Waals surface area contributed by atoms with Crippen LogP contribution in [0.15, 0.2) is 46.7 Å². The molecule has 7 heteroatoms. The number of carbonyl (C=O) groups is 2. The molecule has 1 aliphatic rings. The van der Waals surface area contributed by atoms with Crippen LogP contribution in [0.1, 0.15) is 57.9 Å². The van der Waals surface area contributed by atoms with Crippen molar-refractivity contribution in [2.75, 3.05) is 6.61 Å². The quantitative estimate of drug-likeness (QED) is 0.230. The lowest BCUT2D eigenvalue weighted by atomic mass is 9.99. The molecule has 1 aromatic rings. The van der Waals surface area contributed by atoms with Gasteiger partial charge in [0.1, 0.15) is 12.3 Å². The molecule has 0 aromatic heterocycles. The standard InChI is InChI=1S/C21H28N4O3/c1-3-5-12-17(13-6-4-2)19(23-24-22)20(26)25-18(15-28-21(25)27)14-16-10-8-7-9-11-16/h7-11,18H,3-6,12-15H2,1-2H3/t18-/m1/s1. The van der Waals surface area contributed by atoms with Gasteiger partial charge in [0, 0.05) is 4.91 Å². The Labute approximate surface area is 166 Å². The average Bonchev–Trinajstić information content (AvgIpc) is 3.07. The molecular weight excluding hydrogens is 356 g/mol. The second kappa shape index (κ2) is 11.1. The number of azide groups is 1. The normalized spacial score (nSPS) is 15.7. The molecule has 0 unspecified atom stereocenters. The fourth-order valence-electron chi connectivity index (χ4n) is 3.31. The van der Waals surface area contributed by atoms with Gasteiger partial charge < -0.3 is 4.74 Å². The van der Waals surface area contributed by atoms with Crippen LogP contribution in [0.4, 0.5) is 4.79 Å². The van der Waals surface area contributed by atoms with Crippen molar-refractivity contribution in [3.05, 3.63) is 57.6 Å². The number of allylic oxidation sites excluding steroid dienone is 1. The van der Waals surface area contributed by atoms with Crippen LogP contribution in [-0.4, -0.2) is 29.5 Å². The molecule has 0 spiro atoms. The molecule has 1 aliphatic heterocycles. The number of ether oxygens (including phenoxy) is 1. The van der Waals surface area contributed by atoms with Gasteiger partial charge in [-0.1, -0.05) is 67.7 Å². The van der Waals surface area contributed by atoms with Crippen molar-refractivity contribution < 1.29 is 14.3 Å². The summed E-state index contributed by atoms with van der Waals surface area (Å²) < 4.78 is 5.15. The molecule has 0 aliphatic carbocycles. The van der Waals surface area contributed by atoms with E-state index in [1.807, 2.05) is 30.3 Å². The lowest BCUT2D eigenvalue weighted by Crippen LogP contribution is -2.41. The Morgan fingerprint density at radius 1 is 1.21 bits per heavy atom. The molecule has 2 amide bonds. The zero-order chi connectivity index (χ0) is 20.4. The summed E-state index contributed by atoms with van der Waals surface area (Å²) >= 11 is 0. The second-order valence-electron chi connectivity index (χ2n) is 6.94. The largest absolute Gasteiger partial charge is 0.447 e. The number of amides is 2. The molecule has 2 rings (SSSR count). The lowest BCUT2D eigenvalue weighted by Gasteiger charge is -2.21. The lowest BCUT2D eigenvalue weighted by molar-refractivity contribution is -0.125. The molecule has 0 saturated carbocycles. The van der Waals surface area contributed by atoms with Gasteiger partial charge in [0.05, 0.1) is 6.04 Å². The van der Waals surface area contributed by atoms with Crippen molar-refractivity contribution in [1.29, 1.82) is 0 Å².